The molecule has 2 rings (SSSR count). The summed E-state index contributed by atoms with van der Waals surface area (Å²) in [7, 11) is 2.13. The van der Waals surface area contributed by atoms with Gasteiger partial charge in [0.1, 0.15) is 0 Å². The number of morpholine rings is 1. The molecule has 1 aromatic heterocycles. The SMILES string of the molecule is CC(C)n1cc(C2CN(C)CCO2)cn1. The van der Waals surface area contributed by atoms with Gasteiger partial charge in [0.05, 0.1) is 18.9 Å². The summed E-state index contributed by atoms with van der Waals surface area (Å²) in [6.07, 6.45) is 4.20. The molecule has 1 aliphatic heterocycles. The van der Waals surface area contributed by atoms with Crippen LogP contribution in [0.15, 0.2) is 12.4 Å². The number of rotatable bonds is 2. The number of nitrogens with zero attached hydrogens (tertiary/aromatic N) is 3. The van der Waals surface area contributed by atoms with Crippen LogP contribution in [0.3, 0.4) is 0 Å². The molecule has 1 aliphatic rings. The monoisotopic (exact) mass is 209 g/mol. The molecule has 15 heavy (non-hydrogen) atoms. The summed E-state index contributed by atoms with van der Waals surface area (Å²) < 4.78 is 7.71. The fourth-order valence-corrected chi connectivity index (χ4v) is 1.78. The van der Waals surface area contributed by atoms with Gasteiger partial charge in [0, 0.05) is 30.9 Å². The Kier molecular flexibility index (Phi) is 3.07. The highest BCUT2D eigenvalue weighted by Gasteiger charge is 2.20. The van der Waals surface area contributed by atoms with Crippen LogP contribution >= 0.6 is 0 Å². The van der Waals surface area contributed by atoms with Crippen LogP contribution in [0, 0.1) is 0 Å². The first-order valence-electron chi connectivity index (χ1n) is 5.51. The summed E-state index contributed by atoms with van der Waals surface area (Å²) in [5, 5.41) is 4.33. The first kappa shape index (κ1) is 10.6. The summed E-state index contributed by atoms with van der Waals surface area (Å²) in [4.78, 5) is 2.29. The second kappa shape index (κ2) is 4.33. The van der Waals surface area contributed by atoms with E-state index in [0.717, 1.165) is 19.7 Å². The van der Waals surface area contributed by atoms with Gasteiger partial charge >= 0.3 is 0 Å². The van der Waals surface area contributed by atoms with E-state index in [1.54, 1.807) is 0 Å². The van der Waals surface area contributed by atoms with Gasteiger partial charge in [0.2, 0.25) is 0 Å². The molecule has 0 aromatic carbocycles. The lowest BCUT2D eigenvalue weighted by atomic mass is 10.2. The predicted octanol–water partition coefficient (Wildman–Crippen LogP) is 1.47. The van der Waals surface area contributed by atoms with Gasteiger partial charge in [0.15, 0.2) is 0 Å². The van der Waals surface area contributed by atoms with Gasteiger partial charge in [-0.1, -0.05) is 0 Å². The fourth-order valence-electron chi connectivity index (χ4n) is 1.78. The fraction of sp³-hybridized carbons (Fsp3) is 0.727. The third-order valence-electron chi connectivity index (χ3n) is 2.79. The third kappa shape index (κ3) is 2.38. The van der Waals surface area contributed by atoms with E-state index in [4.69, 9.17) is 4.74 Å². The molecule has 0 radical (unpaired) electrons. The van der Waals surface area contributed by atoms with E-state index >= 15 is 0 Å². The van der Waals surface area contributed by atoms with Crippen molar-refractivity contribution in [2.45, 2.75) is 26.0 Å². The average molecular weight is 209 g/mol. The van der Waals surface area contributed by atoms with Crippen LogP contribution in [0.25, 0.3) is 0 Å². The van der Waals surface area contributed by atoms with Gasteiger partial charge in [0.25, 0.3) is 0 Å². The van der Waals surface area contributed by atoms with Gasteiger partial charge in [-0.05, 0) is 20.9 Å². The van der Waals surface area contributed by atoms with Crippen molar-refractivity contribution >= 4 is 0 Å². The Balaban J connectivity index is 2.08. The zero-order valence-electron chi connectivity index (χ0n) is 9.68. The van der Waals surface area contributed by atoms with E-state index in [1.807, 2.05) is 10.9 Å². The lowest BCUT2D eigenvalue weighted by Gasteiger charge is -2.29. The van der Waals surface area contributed by atoms with Crippen molar-refractivity contribution in [3.05, 3.63) is 18.0 Å². The predicted molar refractivity (Wildman–Crippen MR) is 58.8 cm³/mol. The van der Waals surface area contributed by atoms with Crippen molar-refractivity contribution < 1.29 is 4.74 Å². The standard InChI is InChI=1S/C11H19N3O/c1-9(2)14-7-10(6-12-14)11-8-13(3)4-5-15-11/h6-7,9,11H,4-5,8H2,1-3H3. The zero-order chi connectivity index (χ0) is 10.8. The van der Waals surface area contributed by atoms with Crippen molar-refractivity contribution in [2.75, 3.05) is 26.7 Å². The van der Waals surface area contributed by atoms with E-state index in [0.29, 0.717) is 6.04 Å². The summed E-state index contributed by atoms with van der Waals surface area (Å²) >= 11 is 0. The Labute approximate surface area is 90.8 Å². The topological polar surface area (TPSA) is 30.3 Å². The van der Waals surface area contributed by atoms with Gasteiger partial charge < -0.3 is 9.64 Å². The van der Waals surface area contributed by atoms with E-state index in [9.17, 15) is 0 Å². The number of hydrogen-bond acceptors (Lipinski definition) is 3. The molecule has 0 saturated carbocycles. The molecule has 0 N–H and O–H groups in total. The van der Waals surface area contributed by atoms with E-state index in [1.165, 1.54) is 5.56 Å². The van der Waals surface area contributed by atoms with Crippen molar-refractivity contribution in [1.82, 2.24) is 14.7 Å². The lowest BCUT2D eigenvalue weighted by Crippen LogP contribution is -2.35. The molecule has 0 bridgehead atoms. The Morgan fingerprint density at radius 1 is 1.53 bits per heavy atom. The number of hydrogen-bond donors (Lipinski definition) is 0. The Morgan fingerprint density at radius 3 is 2.93 bits per heavy atom. The molecule has 84 valence electrons. The van der Waals surface area contributed by atoms with Crippen molar-refractivity contribution in [1.29, 1.82) is 0 Å². The second-order valence-corrected chi connectivity index (χ2v) is 4.47. The van der Waals surface area contributed by atoms with Crippen LogP contribution < -0.4 is 0 Å². The van der Waals surface area contributed by atoms with Crippen molar-refractivity contribution in [2.24, 2.45) is 0 Å². The van der Waals surface area contributed by atoms with Gasteiger partial charge in [-0.3, -0.25) is 4.68 Å². The lowest BCUT2D eigenvalue weighted by molar-refractivity contribution is -0.0209. The molecule has 0 amide bonds. The molecule has 1 atom stereocenters. The van der Waals surface area contributed by atoms with Gasteiger partial charge in [-0.2, -0.15) is 5.10 Å². The molecule has 1 fully saturated rings. The maximum Gasteiger partial charge on any atom is 0.0982 e. The second-order valence-electron chi connectivity index (χ2n) is 4.47. The van der Waals surface area contributed by atoms with Crippen LogP contribution in [-0.4, -0.2) is 41.4 Å². The molecule has 0 spiro atoms. The van der Waals surface area contributed by atoms with Crippen molar-refractivity contribution in [3.63, 3.8) is 0 Å². The van der Waals surface area contributed by atoms with Crippen LogP contribution in [0.4, 0.5) is 0 Å². The first-order valence-corrected chi connectivity index (χ1v) is 5.51. The minimum atomic E-state index is 0.191. The van der Waals surface area contributed by atoms with Crippen molar-refractivity contribution in [3.8, 4) is 0 Å². The van der Waals surface area contributed by atoms with Gasteiger partial charge in [-0.25, -0.2) is 0 Å². The third-order valence-corrected chi connectivity index (χ3v) is 2.79. The molecule has 4 heteroatoms. The molecule has 1 aromatic rings. The van der Waals surface area contributed by atoms with Crippen LogP contribution in [0.5, 0.6) is 0 Å². The largest absolute Gasteiger partial charge is 0.371 e. The summed E-state index contributed by atoms with van der Waals surface area (Å²) in [6.45, 7) is 7.06. The summed E-state index contributed by atoms with van der Waals surface area (Å²) in [6, 6.07) is 0.417. The van der Waals surface area contributed by atoms with E-state index in [2.05, 4.69) is 37.1 Å². The van der Waals surface area contributed by atoms with Crippen LogP contribution in [-0.2, 0) is 4.74 Å². The first-order chi connectivity index (χ1) is 7.16. The maximum atomic E-state index is 5.73. The van der Waals surface area contributed by atoms with Gasteiger partial charge in [-0.15, -0.1) is 0 Å². The number of likely N-dealkylation sites (N-methyl/N-ethyl adjacent to an activating group) is 1. The zero-order valence-corrected chi connectivity index (χ0v) is 9.68. The van der Waals surface area contributed by atoms with Crippen LogP contribution in [0.1, 0.15) is 31.6 Å². The quantitative estimate of drug-likeness (QED) is 0.739. The molecule has 1 unspecified atom stereocenters. The highest BCUT2D eigenvalue weighted by molar-refractivity contribution is 5.10. The molecule has 1 saturated heterocycles. The minimum Gasteiger partial charge on any atom is -0.371 e. The molecular formula is C11H19N3O. The Morgan fingerprint density at radius 2 is 2.33 bits per heavy atom. The Bertz CT molecular complexity index is 321. The molecule has 0 aliphatic carbocycles. The Hall–Kier alpha value is -0.870. The number of ether oxygens (including phenoxy) is 1. The summed E-state index contributed by atoms with van der Waals surface area (Å²) in [5.41, 5.74) is 1.19. The smallest absolute Gasteiger partial charge is 0.0982 e. The molecule has 2 heterocycles. The minimum absolute atomic E-state index is 0.191. The highest BCUT2D eigenvalue weighted by Crippen LogP contribution is 2.21. The van der Waals surface area contributed by atoms with Crippen LogP contribution in [0.2, 0.25) is 0 Å². The average Bonchev–Trinajstić information content (AvgIpc) is 2.66. The highest BCUT2D eigenvalue weighted by atomic mass is 16.5. The maximum absolute atomic E-state index is 5.73. The summed E-state index contributed by atoms with van der Waals surface area (Å²) in [5.74, 6) is 0. The molecular weight excluding hydrogens is 190 g/mol. The molecule has 4 nitrogen and oxygen atoms in total. The normalized spacial score (nSPS) is 23.6. The van der Waals surface area contributed by atoms with E-state index in [-0.39, 0.29) is 6.10 Å². The van der Waals surface area contributed by atoms with E-state index < -0.39 is 0 Å². The number of aromatic nitrogens is 2.